The summed E-state index contributed by atoms with van der Waals surface area (Å²) in [5, 5.41) is 15.5. The number of fused-ring (bicyclic) bond motifs is 1. The lowest BCUT2D eigenvalue weighted by Gasteiger charge is -2.19. The number of hydrogen-bond donors (Lipinski definition) is 1. The molecule has 1 aromatic carbocycles. The van der Waals surface area contributed by atoms with Gasteiger partial charge in [-0.15, -0.1) is 0 Å². The predicted octanol–water partition coefficient (Wildman–Crippen LogP) is 4.79. The van der Waals surface area contributed by atoms with Crippen molar-refractivity contribution < 1.29 is 18.7 Å². The second-order valence-electron chi connectivity index (χ2n) is 7.61. The summed E-state index contributed by atoms with van der Waals surface area (Å²) in [6.07, 6.45) is 2.26. The maximum Gasteiger partial charge on any atom is 0.338 e. The van der Waals surface area contributed by atoms with Crippen LogP contribution < -0.4 is 0 Å². The molecule has 0 radical (unpaired) electrons. The Hall–Kier alpha value is -3.46. The van der Waals surface area contributed by atoms with Gasteiger partial charge >= 0.3 is 5.97 Å². The SMILES string of the molecule is CCOC(=O)c1ccc(-c2ccc(C=C3C(=N)N4N=C(CC(C)C)SC4=NC3=O)o2)cc1. The highest BCUT2D eigenvalue weighted by Crippen LogP contribution is 2.31. The van der Waals surface area contributed by atoms with Crippen LogP contribution in [0.5, 0.6) is 0 Å². The molecule has 0 atom stereocenters. The van der Waals surface area contributed by atoms with E-state index >= 15 is 0 Å². The molecular weight excluding hydrogens is 428 g/mol. The Morgan fingerprint density at radius 2 is 2.00 bits per heavy atom. The molecule has 164 valence electrons. The van der Waals surface area contributed by atoms with Crippen molar-refractivity contribution in [1.82, 2.24) is 5.01 Å². The molecule has 32 heavy (non-hydrogen) atoms. The molecule has 2 aliphatic rings. The zero-order chi connectivity index (χ0) is 22.8. The highest BCUT2D eigenvalue weighted by atomic mass is 32.2. The Balaban J connectivity index is 1.54. The highest BCUT2D eigenvalue weighted by Gasteiger charge is 2.35. The number of carbonyl (C=O) groups is 2. The molecule has 2 aromatic rings. The number of aliphatic imine (C=N–C) groups is 1. The van der Waals surface area contributed by atoms with Crippen LogP contribution in [0, 0.1) is 11.3 Å². The van der Waals surface area contributed by atoms with Crippen LogP contribution in [-0.4, -0.2) is 39.5 Å². The standard InChI is InChI=1S/C23H22N4O4S/c1-4-30-22(29)15-7-5-14(6-8-15)18-10-9-16(31-18)12-17-20(24)27-23(25-21(17)28)32-19(26-27)11-13(2)3/h5-10,12-13,24H,4,11H2,1-3H3. The average molecular weight is 451 g/mol. The van der Waals surface area contributed by atoms with Gasteiger partial charge in [0.05, 0.1) is 17.7 Å². The summed E-state index contributed by atoms with van der Waals surface area (Å²) < 4.78 is 10.8. The summed E-state index contributed by atoms with van der Waals surface area (Å²) in [6.45, 7) is 6.25. The first kappa shape index (κ1) is 21.8. The van der Waals surface area contributed by atoms with Crippen molar-refractivity contribution in [3.63, 3.8) is 0 Å². The normalized spacial score (nSPS) is 17.0. The number of carbonyl (C=O) groups excluding carboxylic acids is 2. The second kappa shape index (κ2) is 8.96. The molecule has 2 aliphatic heterocycles. The molecule has 9 heteroatoms. The molecule has 0 bridgehead atoms. The lowest BCUT2D eigenvalue weighted by atomic mass is 10.1. The van der Waals surface area contributed by atoms with E-state index in [9.17, 15) is 9.59 Å². The number of amides is 1. The number of furan rings is 1. The Labute approximate surface area is 189 Å². The third-order valence-electron chi connectivity index (χ3n) is 4.67. The Morgan fingerprint density at radius 3 is 2.69 bits per heavy atom. The highest BCUT2D eigenvalue weighted by molar-refractivity contribution is 8.26. The van der Waals surface area contributed by atoms with Crippen LogP contribution in [0.25, 0.3) is 17.4 Å². The van der Waals surface area contributed by atoms with E-state index in [0.717, 1.165) is 17.0 Å². The summed E-state index contributed by atoms with van der Waals surface area (Å²) in [4.78, 5) is 28.4. The molecule has 1 amide bonds. The summed E-state index contributed by atoms with van der Waals surface area (Å²) in [7, 11) is 0. The molecule has 0 aliphatic carbocycles. The zero-order valence-electron chi connectivity index (χ0n) is 17.9. The van der Waals surface area contributed by atoms with E-state index in [4.69, 9.17) is 14.6 Å². The van der Waals surface area contributed by atoms with E-state index in [1.165, 1.54) is 22.8 Å². The number of nitrogens with one attached hydrogen (secondary N) is 1. The molecule has 0 saturated heterocycles. The molecule has 0 fully saturated rings. The smallest absolute Gasteiger partial charge is 0.338 e. The van der Waals surface area contributed by atoms with Crippen molar-refractivity contribution in [2.24, 2.45) is 16.0 Å². The van der Waals surface area contributed by atoms with E-state index in [1.54, 1.807) is 43.3 Å². The van der Waals surface area contributed by atoms with Crippen molar-refractivity contribution in [3.05, 3.63) is 53.3 Å². The van der Waals surface area contributed by atoms with Crippen LogP contribution in [0.3, 0.4) is 0 Å². The van der Waals surface area contributed by atoms with Gasteiger partial charge in [0.15, 0.2) is 5.84 Å². The van der Waals surface area contributed by atoms with Gasteiger partial charge in [0.25, 0.3) is 5.91 Å². The van der Waals surface area contributed by atoms with E-state index in [1.807, 2.05) is 0 Å². The predicted molar refractivity (Wildman–Crippen MR) is 125 cm³/mol. The number of amidine groups is 2. The third-order valence-corrected chi connectivity index (χ3v) is 5.60. The van der Waals surface area contributed by atoms with Gasteiger partial charge in [0.2, 0.25) is 5.17 Å². The topological polar surface area (TPSA) is 108 Å². The number of nitrogens with zero attached hydrogens (tertiary/aromatic N) is 3. The first-order chi connectivity index (χ1) is 15.4. The maximum atomic E-state index is 12.5. The summed E-state index contributed by atoms with van der Waals surface area (Å²) in [6, 6.07) is 10.3. The number of hydrogen-bond acceptors (Lipinski definition) is 7. The van der Waals surface area contributed by atoms with Crippen LogP contribution in [0.15, 0.2) is 56.5 Å². The van der Waals surface area contributed by atoms with Crippen LogP contribution in [0.4, 0.5) is 0 Å². The number of ether oxygens (including phenoxy) is 1. The first-order valence-electron chi connectivity index (χ1n) is 10.2. The Bertz CT molecular complexity index is 1170. The number of rotatable bonds is 6. The van der Waals surface area contributed by atoms with Gasteiger partial charge in [-0.05, 0) is 54.9 Å². The van der Waals surface area contributed by atoms with Gasteiger partial charge in [-0.25, -0.2) is 4.79 Å². The average Bonchev–Trinajstić information content (AvgIpc) is 3.38. The van der Waals surface area contributed by atoms with Gasteiger partial charge in [-0.1, -0.05) is 26.0 Å². The van der Waals surface area contributed by atoms with Crippen molar-refractivity contribution in [2.75, 3.05) is 6.61 Å². The molecule has 0 spiro atoms. The third kappa shape index (κ3) is 4.43. The summed E-state index contributed by atoms with van der Waals surface area (Å²) in [5.74, 6) is 0.502. The van der Waals surface area contributed by atoms with Crippen LogP contribution in [0.2, 0.25) is 0 Å². The minimum Gasteiger partial charge on any atom is -0.462 e. The van der Waals surface area contributed by atoms with Gasteiger partial charge in [-0.3, -0.25) is 10.2 Å². The maximum absolute atomic E-state index is 12.5. The molecule has 1 aromatic heterocycles. The van der Waals surface area contributed by atoms with Gasteiger partial charge in [-0.2, -0.15) is 15.1 Å². The lowest BCUT2D eigenvalue weighted by Crippen LogP contribution is -2.35. The van der Waals surface area contributed by atoms with Crippen molar-refractivity contribution in [1.29, 1.82) is 5.41 Å². The molecule has 8 nitrogen and oxygen atoms in total. The van der Waals surface area contributed by atoms with Gasteiger partial charge in [0.1, 0.15) is 16.6 Å². The fourth-order valence-electron chi connectivity index (χ4n) is 3.18. The fourth-order valence-corrected chi connectivity index (χ4v) is 4.27. The van der Waals surface area contributed by atoms with Crippen molar-refractivity contribution in [3.8, 4) is 11.3 Å². The lowest BCUT2D eigenvalue weighted by molar-refractivity contribution is -0.114. The minimum absolute atomic E-state index is 0.0250. The van der Waals surface area contributed by atoms with Gasteiger partial charge < -0.3 is 9.15 Å². The molecule has 0 unspecified atom stereocenters. The summed E-state index contributed by atoms with van der Waals surface area (Å²) in [5.41, 5.74) is 1.34. The number of esters is 1. The van der Waals surface area contributed by atoms with Crippen molar-refractivity contribution >= 4 is 45.8 Å². The van der Waals surface area contributed by atoms with E-state index in [2.05, 4.69) is 23.9 Å². The Morgan fingerprint density at radius 1 is 1.25 bits per heavy atom. The van der Waals surface area contributed by atoms with E-state index < -0.39 is 5.91 Å². The van der Waals surface area contributed by atoms with Crippen LogP contribution >= 0.6 is 11.8 Å². The van der Waals surface area contributed by atoms with E-state index in [0.29, 0.717) is 34.8 Å². The van der Waals surface area contributed by atoms with Crippen molar-refractivity contribution in [2.45, 2.75) is 27.2 Å². The molecule has 1 N–H and O–H groups in total. The number of thioether (sulfide) groups is 1. The number of benzene rings is 1. The Kier molecular flexibility index (Phi) is 6.09. The fraction of sp³-hybridized carbons (Fsp3) is 0.261. The quantitative estimate of drug-likeness (QED) is 0.501. The molecule has 4 rings (SSSR count). The molecular formula is C23H22N4O4S. The number of hydrazone groups is 1. The molecule has 0 saturated carbocycles. The van der Waals surface area contributed by atoms with Crippen LogP contribution in [0.1, 0.15) is 43.3 Å². The largest absolute Gasteiger partial charge is 0.462 e. The monoisotopic (exact) mass is 450 g/mol. The van der Waals surface area contributed by atoms with E-state index in [-0.39, 0.29) is 17.4 Å². The zero-order valence-corrected chi connectivity index (χ0v) is 18.7. The first-order valence-corrected chi connectivity index (χ1v) is 11.0. The minimum atomic E-state index is -0.494. The summed E-state index contributed by atoms with van der Waals surface area (Å²) >= 11 is 1.33. The second-order valence-corrected chi connectivity index (χ2v) is 8.65. The van der Waals surface area contributed by atoms with Crippen LogP contribution in [-0.2, 0) is 9.53 Å². The van der Waals surface area contributed by atoms with Gasteiger partial charge in [0, 0.05) is 12.0 Å². The molecule has 3 heterocycles.